The summed E-state index contributed by atoms with van der Waals surface area (Å²) < 4.78 is 0. The van der Waals surface area contributed by atoms with Gasteiger partial charge < -0.3 is 10.2 Å². The van der Waals surface area contributed by atoms with Crippen molar-refractivity contribution in [3.63, 3.8) is 0 Å². The van der Waals surface area contributed by atoms with Crippen LogP contribution in [0.3, 0.4) is 0 Å². The van der Waals surface area contributed by atoms with E-state index in [4.69, 9.17) is 0 Å². The van der Waals surface area contributed by atoms with Crippen molar-refractivity contribution in [2.45, 2.75) is 44.2 Å². The Hall–Kier alpha value is -1.84. The molecule has 0 bridgehead atoms. The molecular formula is C23H29NO2. The predicted octanol–water partition coefficient (Wildman–Crippen LogP) is 4.11. The van der Waals surface area contributed by atoms with Gasteiger partial charge in [-0.15, -0.1) is 0 Å². The maximum Gasteiger partial charge on any atom is 0.115 e. The Labute approximate surface area is 156 Å². The van der Waals surface area contributed by atoms with Gasteiger partial charge in [-0.2, -0.15) is 0 Å². The summed E-state index contributed by atoms with van der Waals surface area (Å²) in [4.78, 5) is 2.59. The summed E-state index contributed by atoms with van der Waals surface area (Å²) in [5.74, 6) is 1.90. The zero-order valence-electron chi connectivity index (χ0n) is 15.7. The quantitative estimate of drug-likeness (QED) is 0.871. The molecule has 5 atom stereocenters. The lowest BCUT2D eigenvalue weighted by molar-refractivity contribution is 0.0292. The van der Waals surface area contributed by atoms with Gasteiger partial charge in [-0.25, -0.2) is 0 Å². The summed E-state index contributed by atoms with van der Waals surface area (Å²) in [6.45, 7) is 6.72. The molecule has 1 saturated carbocycles. The molecule has 2 aliphatic rings. The van der Waals surface area contributed by atoms with Crippen LogP contribution in [0.5, 0.6) is 5.75 Å². The molecule has 2 aromatic rings. The van der Waals surface area contributed by atoms with Gasteiger partial charge in [0.15, 0.2) is 0 Å². The Morgan fingerprint density at radius 3 is 2.08 bits per heavy atom. The second-order valence-corrected chi connectivity index (χ2v) is 8.40. The van der Waals surface area contributed by atoms with Crippen LogP contribution in [0.15, 0.2) is 54.6 Å². The normalized spacial score (nSPS) is 30.9. The number of likely N-dealkylation sites (tertiary alicyclic amines) is 1. The fourth-order valence-corrected chi connectivity index (χ4v) is 5.08. The van der Waals surface area contributed by atoms with Crippen LogP contribution in [0, 0.1) is 11.8 Å². The van der Waals surface area contributed by atoms with E-state index in [2.05, 4.69) is 30.9 Å². The maximum atomic E-state index is 11.2. The molecule has 2 N–H and O–H groups in total. The lowest BCUT2D eigenvalue weighted by Gasteiger charge is -2.32. The minimum atomic E-state index is -0.644. The van der Waals surface area contributed by atoms with E-state index in [9.17, 15) is 10.2 Å². The molecule has 26 heavy (non-hydrogen) atoms. The third kappa shape index (κ3) is 3.15. The van der Waals surface area contributed by atoms with E-state index >= 15 is 0 Å². The lowest BCUT2D eigenvalue weighted by atomic mass is 9.90. The highest BCUT2D eigenvalue weighted by Gasteiger charge is 2.49. The van der Waals surface area contributed by atoms with Crippen molar-refractivity contribution in [3.8, 4) is 5.75 Å². The van der Waals surface area contributed by atoms with Gasteiger partial charge in [0.25, 0.3) is 0 Å². The lowest BCUT2D eigenvalue weighted by Crippen LogP contribution is -2.37. The molecule has 1 aliphatic carbocycles. The SMILES string of the molecule is CC(c1ccc(O)cc1)C(C)N1C[C@@H]2C[C@@](O)(c3ccccc3)C[C@@H]2C1. The number of phenols is 1. The maximum absolute atomic E-state index is 11.2. The van der Waals surface area contributed by atoms with Crippen molar-refractivity contribution < 1.29 is 10.2 Å². The average molecular weight is 351 g/mol. The van der Waals surface area contributed by atoms with Gasteiger partial charge in [0.2, 0.25) is 0 Å². The van der Waals surface area contributed by atoms with Crippen molar-refractivity contribution in [1.29, 1.82) is 0 Å². The Morgan fingerprint density at radius 1 is 0.923 bits per heavy atom. The van der Waals surface area contributed by atoms with Crippen LogP contribution < -0.4 is 0 Å². The molecule has 2 fully saturated rings. The van der Waals surface area contributed by atoms with Crippen molar-refractivity contribution in [3.05, 3.63) is 65.7 Å². The summed E-state index contributed by atoms with van der Waals surface area (Å²) in [5, 5.41) is 20.7. The molecule has 0 radical (unpaired) electrons. The highest BCUT2D eigenvalue weighted by Crippen LogP contribution is 2.49. The summed E-state index contributed by atoms with van der Waals surface area (Å²) >= 11 is 0. The van der Waals surface area contributed by atoms with Gasteiger partial charge >= 0.3 is 0 Å². The number of aromatic hydroxyl groups is 1. The number of aliphatic hydroxyl groups is 1. The zero-order chi connectivity index (χ0) is 18.3. The Kier molecular flexibility index (Phi) is 4.54. The highest BCUT2D eigenvalue weighted by molar-refractivity contribution is 5.29. The standard InChI is InChI=1S/C23H29NO2/c1-16(18-8-10-22(25)11-9-18)17(2)24-14-19-12-23(26,13-20(19)15-24)21-6-4-3-5-7-21/h3-11,16-17,19-20,25-26H,12-15H2,1-2H3/t16?,17?,19-,20+,23-. The average Bonchev–Trinajstić information content (AvgIpc) is 3.18. The van der Waals surface area contributed by atoms with E-state index in [1.54, 1.807) is 12.1 Å². The van der Waals surface area contributed by atoms with E-state index in [-0.39, 0.29) is 0 Å². The number of nitrogens with zero attached hydrogens (tertiary/aromatic N) is 1. The third-order valence-corrected chi connectivity index (χ3v) is 6.83. The highest BCUT2D eigenvalue weighted by atomic mass is 16.3. The Balaban J connectivity index is 1.42. The van der Waals surface area contributed by atoms with E-state index in [0.29, 0.717) is 29.5 Å². The molecule has 3 nitrogen and oxygen atoms in total. The van der Waals surface area contributed by atoms with Crippen molar-refractivity contribution in [2.24, 2.45) is 11.8 Å². The molecular weight excluding hydrogens is 322 g/mol. The van der Waals surface area contributed by atoms with Crippen LogP contribution in [0.2, 0.25) is 0 Å². The van der Waals surface area contributed by atoms with Crippen molar-refractivity contribution in [2.75, 3.05) is 13.1 Å². The van der Waals surface area contributed by atoms with Crippen LogP contribution in [-0.4, -0.2) is 34.2 Å². The molecule has 138 valence electrons. The minimum absolute atomic E-state index is 0.324. The first-order chi connectivity index (χ1) is 12.5. The third-order valence-electron chi connectivity index (χ3n) is 6.83. The zero-order valence-corrected chi connectivity index (χ0v) is 15.7. The van der Waals surface area contributed by atoms with E-state index in [0.717, 1.165) is 31.5 Å². The van der Waals surface area contributed by atoms with E-state index in [1.165, 1.54) is 5.56 Å². The molecule has 2 unspecified atom stereocenters. The molecule has 0 spiro atoms. The monoisotopic (exact) mass is 351 g/mol. The second-order valence-electron chi connectivity index (χ2n) is 8.40. The second kappa shape index (κ2) is 6.71. The van der Waals surface area contributed by atoms with Crippen LogP contribution in [-0.2, 0) is 5.60 Å². The molecule has 2 aromatic carbocycles. The molecule has 1 heterocycles. The first-order valence-corrected chi connectivity index (χ1v) is 9.77. The topological polar surface area (TPSA) is 43.7 Å². The fraction of sp³-hybridized carbons (Fsp3) is 0.478. The summed E-state index contributed by atoms with van der Waals surface area (Å²) in [5.41, 5.74) is 1.70. The first kappa shape index (κ1) is 17.6. The Morgan fingerprint density at radius 2 is 1.50 bits per heavy atom. The van der Waals surface area contributed by atoms with Gasteiger partial charge in [0, 0.05) is 19.1 Å². The molecule has 0 aromatic heterocycles. The van der Waals surface area contributed by atoms with Gasteiger partial charge in [-0.1, -0.05) is 49.4 Å². The van der Waals surface area contributed by atoms with Gasteiger partial charge in [0.1, 0.15) is 5.75 Å². The Bertz CT molecular complexity index is 729. The number of benzene rings is 2. The van der Waals surface area contributed by atoms with E-state index < -0.39 is 5.60 Å². The van der Waals surface area contributed by atoms with Gasteiger partial charge in [0.05, 0.1) is 5.60 Å². The van der Waals surface area contributed by atoms with Crippen LogP contribution in [0.25, 0.3) is 0 Å². The van der Waals surface area contributed by atoms with Crippen molar-refractivity contribution in [1.82, 2.24) is 4.90 Å². The largest absolute Gasteiger partial charge is 0.508 e. The molecule has 1 aliphatic heterocycles. The van der Waals surface area contributed by atoms with Crippen LogP contribution >= 0.6 is 0 Å². The number of fused-ring (bicyclic) bond motifs is 1. The van der Waals surface area contributed by atoms with Gasteiger partial charge in [-0.05, 0) is 60.8 Å². The molecule has 1 saturated heterocycles. The minimum Gasteiger partial charge on any atom is -0.508 e. The summed E-state index contributed by atoms with van der Waals surface area (Å²) in [6.07, 6.45) is 1.75. The molecule has 0 amide bonds. The predicted molar refractivity (Wildman–Crippen MR) is 104 cm³/mol. The van der Waals surface area contributed by atoms with Gasteiger partial charge in [-0.3, -0.25) is 4.90 Å². The number of rotatable bonds is 4. The number of hydrogen-bond donors (Lipinski definition) is 2. The van der Waals surface area contributed by atoms with E-state index in [1.807, 2.05) is 30.3 Å². The van der Waals surface area contributed by atoms with Crippen LogP contribution in [0.4, 0.5) is 0 Å². The smallest absolute Gasteiger partial charge is 0.115 e. The van der Waals surface area contributed by atoms with Crippen molar-refractivity contribution >= 4 is 0 Å². The summed E-state index contributed by atoms with van der Waals surface area (Å²) in [6, 6.07) is 18.2. The number of phenolic OH excluding ortho intramolecular Hbond substituents is 1. The molecule has 4 rings (SSSR count). The molecule has 3 heteroatoms. The van der Waals surface area contributed by atoms with Crippen LogP contribution in [0.1, 0.15) is 43.7 Å². The first-order valence-electron chi connectivity index (χ1n) is 9.77. The number of hydrogen-bond acceptors (Lipinski definition) is 3. The fourth-order valence-electron chi connectivity index (χ4n) is 5.08. The summed E-state index contributed by atoms with van der Waals surface area (Å²) in [7, 11) is 0.